The Kier molecular flexibility index (Phi) is 3.22. The minimum Gasteiger partial charge on any atom is -0.439 e. The van der Waals surface area contributed by atoms with E-state index in [4.69, 9.17) is 9.68 Å². The van der Waals surface area contributed by atoms with Gasteiger partial charge in [0.15, 0.2) is 11.5 Å². The molecule has 0 bridgehead atoms. The molecule has 0 spiro atoms. The van der Waals surface area contributed by atoms with Crippen molar-refractivity contribution < 1.29 is 4.42 Å². The number of halogens is 1. The zero-order valence-corrected chi connectivity index (χ0v) is 12.1. The number of nitrogens with zero attached hydrogens (tertiary/aromatic N) is 2. The maximum absolute atomic E-state index is 9.05. The fraction of sp³-hybridized carbons (Fsp3) is 0.0667. The number of hydrogen-bond donors (Lipinski definition) is 0. The van der Waals surface area contributed by atoms with Gasteiger partial charge in [0.05, 0.1) is 4.43 Å². The zero-order chi connectivity index (χ0) is 13.2. The SMILES string of the molecule is N#Cc1nc(-c2cccc3ccccc23)oc1CI. The number of benzene rings is 2. The van der Waals surface area contributed by atoms with Crippen molar-refractivity contribution in [2.45, 2.75) is 4.43 Å². The van der Waals surface area contributed by atoms with Crippen LogP contribution in [0.15, 0.2) is 46.9 Å². The Morgan fingerprint density at radius 2 is 1.95 bits per heavy atom. The first-order chi connectivity index (χ1) is 9.33. The summed E-state index contributed by atoms with van der Waals surface area (Å²) in [6, 6.07) is 16.1. The van der Waals surface area contributed by atoms with Gasteiger partial charge in [-0.2, -0.15) is 10.2 Å². The standard InChI is InChI=1S/C15H9IN2O/c16-8-14-13(9-17)18-15(19-14)12-7-3-5-10-4-1-2-6-11(10)12/h1-7H,8H2. The number of fused-ring (bicyclic) bond motifs is 1. The van der Waals surface area contributed by atoms with E-state index in [2.05, 4.69) is 33.6 Å². The molecule has 92 valence electrons. The highest BCUT2D eigenvalue weighted by atomic mass is 127. The quantitative estimate of drug-likeness (QED) is 0.506. The Hall–Kier alpha value is -1.87. The molecule has 0 amide bonds. The van der Waals surface area contributed by atoms with Crippen molar-refractivity contribution in [1.82, 2.24) is 4.98 Å². The highest BCUT2D eigenvalue weighted by molar-refractivity contribution is 14.1. The Bertz CT molecular complexity index is 781. The predicted octanol–water partition coefficient (Wildman–Crippen LogP) is 4.30. The van der Waals surface area contributed by atoms with Gasteiger partial charge in [0.2, 0.25) is 5.89 Å². The minimum atomic E-state index is 0.373. The molecule has 3 rings (SSSR count). The Morgan fingerprint density at radius 1 is 1.16 bits per heavy atom. The lowest BCUT2D eigenvalue weighted by Gasteiger charge is -2.02. The third-order valence-corrected chi connectivity index (χ3v) is 3.64. The molecule has 0 saturated carbocycles. The second-order valence-corrected chi connectivity index (χ2v) is 4.83. The van der Waals surface area contributed by atoms with Crippen molar-refractivity contribution in [1.29, 1.82) is 5.26 Å². The molecule has 1 heterocycles. The predicted molar refractivity (Wildman–Crippen MR) is 81.9 cm³/mol. The molecule has 2 aromatic carbocycles. The van der Waals surface area contributed by atoms with Gasteiger partial charge in [-0.25, -0.2) is 0 Å². The van der Waals surface area contributed by atoms with E-state index in [1.165, 1.54) is 0 Å². The maximum atomic E-state index is 9.05. The van der Waals surface area contributed by atoms with Gasteiger partial charge in [0.1, 0.15) is 6.07 Å². The van der Waals surface area contributed by atoms with Gasteiger partial charge in [0.25, 0.3) is 0 Å². The molecule has 0 atom stereocenters. The van der Waals surface area contributed by atoms with E-state index in [0.717, 1.165) is 16.3 Å². The van der Waals surface area contributed by atoms with Crippen molar-refractivity contribution in [2.75, 3.05) is 0 Å². The first-order valence-corrected chi connectivity index (χ1v) is 7.30. The van der Waals surface area contributed by atoms with Crippen molar-refractivity contribution in [3.8, 4) is 17.5 Å². The number of hydrogen-bond acceptors (Lipinski definition) is 3. The first-order valence-electron chi connectivity index (χ1n) is 5.77. The molecule has 0 aliphatic rings. The fourth-order valence-corrected chi connectivity index (χ4v) is 2.57. The number of oxazole rings is 1. The van der Waals surface area contributed by atoms with E-state index < -0.39 is 0 Å². The summed E-state index contributed by atoms with van der Waals surface area (Å²) in [6.07, 6.45) is 0. The van der Waals surface area contributed by atoms with Gasteiger partial charge >= 0.3 is 0 Å². The number of rotatable bonds is 2. The summed E-state index contributed by atoms with van der Waals surface area (Å²) < 4.78 is 6.35. The van der Waals surface area contributed by atoms with Crippen molar-refractivity contribution in [3.05, 3.63) is 53.9 Å². The maximum Gasteiger partial charge on any atom is 0.228 e. The summed E-state index contributed by atoms with van der Waals surface area (Å²) in [5.41, 5.74) is 1.29. The lowest BCUT2D eigenvalue weighted by molar-refractivity contribution is 0.541. The molecule has 3 nitrogen and oxygen atoms in total. The van der Waals surface area contributed by atoms with E-state index in [9.17, 15) is 0 Å². The Morgan fingerprint density at radius 3 is 2.68 bits per heavy atom. The molecule has 0 unspecified atom stereocenters. The number of aromatic nitrogens is 1. The van der Waals surface area contributed by atoms with E-state index in [-0.39, 0.29) is 0 Å². The average molecular weight is 360 g/mol. The molecule has 19 heavy (non-hydrogen) atoms. The summed E-state index contributed by atoms with van der Waals surface area (Å²) in [7, 11) is 0. The molecular formula is C15H9IN2O. The van der Waals surface area contributed by atoms with Crippen LogP contribution < -0.4 is 0 Å². The van der Waals surface area contributed by atoms with Crippen LogP contribution in [0.25, 0.3) is 22.2 Å². The third-order valence-electron chi connectivity index (χ3n) is 2.94. The van der Waals surface area contributed by atoms with Crippen LogP contribution in [-0.4, -0.2) is 4.98 Å². The molecule has 0 N–H and O–H groups in total. The van der Waals surface area contributed by atoms with Crippen LogP contribution in [0.2, 0.25) is 0 Å². The minimum absolute atomic E-state index is 0.373. The van der Waals surface area contributed by atoms with Crippen molar-refractivity contribution >= 4 is 33.4 Å². The first kappa shape index (κ1) is 12.2. The molecule has 4 heteroatoms. The number of nitriles is 1. The van der Waals surface area contributed by atoms with Crippen LogP contribution >= 0.6 is 22.6 Å². The summed E-state index contributed by atoms with van der Waals surface area (Å²) in [5.74, 6) is 1.14. The number of alkyl halides is 1. The van der Waals surface area contributed by atoms with E-state index in [1.54, 1.807) is 0 Å². The Labute approximate surface area is 124 Å². The lowest BCUT2D eigenvalue weighted by atomic mass is 10.0. The third kappa shape index (κ3) is 2.10. The molecule has 0 aliphatic carbocycles. The normalized spacial score (nSPS) is 10.5. The molecule has 0 saturated heterocycles. The Balaban J connectivity index is 2.25. The molecule has 0 fully saturated rings. The van der Waals surface area contributed by atoms with E-state index in [0.29, 0.717) is 21.8 Å². The van der Waals surface area contributed by atoms with Crippen LogP contribution in [0.1, 0.15) is 11.5 Å². The lowest BCUT2D eigenvalue weighted by Crippen LogP contribution is -1.82. The topological polar surface area (TPSA) is 49.8 Å². The van der Waals surface area contributed by atoms with Crippen molar-refractivity contribution in [2.24, 2.45) is 0 Å². The van der Waals surface area contributed by atoms with Crippen molar-refractivity contribution in [3.63, 3.8) is 0 Å². The summed E-state index contributed by atoms with van der Waals surface area (Å²) in [6.45, 7) is 0. The second kappa shape index (κ2) is 5.02. The van der Waals surface area contributed by atoms with E-state index >= 15 is 0 Å². The molecule has 0 aliphatic heterocycles. The van der Waals surface area contributed by atoms with Crippen LogP contribution in [0.5, 0.6) is 0 Å². The second-order valence-electron chi connectivity index (χ2n) is 4.06. The highest BCUT2D eigenvalue weighted by Gasteiger charge is 2.14. The van der Waals surface area contributed by atoms with Gasteiger partial charge in [-0.3, -0.25) is 0 Å². The summed E-state index contributed by atoms with van der Waals surface area (Å²) >= 11 is 2.17. The zero-order valence-electron chi connectivity index (χ0n) is 9.93. The van der Waals surface area contributed by atoms with Gasteiger partial charge < -0.3 is 4.42 Å². The van der Waals surface area contributed by atoms with Crippen LogP contribution in [0, 0.1) is 11.3 Å². The molecule has 1 aromatic heterocycles. The summed E-state index contributed by atoms with van der Waals surface area (Å²) in [4.78, 5) is 4.29. The summed E-state index contributed by atoms with van der Waals surface area (Å²) in [5, 5.41) is 11.3. The molecule has 3 aromatic rings. The van der Waals surface area contributed by atoms with E-state index in [1.807, 2.05) is 42.5 Å². The molecule has 0 radical (unpaired) electrons. The van der Waals surface area contributed by atoms with Gasteiger partial charge in [-0.1, -0.05) is 59.0 Å². The van der Waals surface area contributed by atoms with Gasteiger partial charge in [-0.05, 0) is 16.8 Å². The van der Waals surface area contributed by atoms with Crippen LogP contribution in [-0.2, 0) is 4.43 Å². The monoisotopic (exact) mass is 360 g/mol. The smallest absolute Gasteiger partial charge is 0.228 e. The van der Waals surface area contributed by atoms with Gasteiger partial charge in [0, 0.05) is 5.56 Å². The molecular weight excluding hydrogens is 351 g/mol. The van der Waals surface area contributed by atoms with Crippen LogP contribution in [0.4, 0.5) is 0 Å². The fourth-order valence-electron chi connectivity index (χ4n) is 2.06. The highest BCUT2D eigenvalue weighted by Crippen LogP contribution is 2.29. The average Bonchev–Trinajstić information content (AvgIpc) is 2.89. The van der Waals surface area contributed by atoms with Crippen LogP contribution in [0.3, 0.4) is 0 Å². The van der Waals surface area contributed by atoms with Gasteiger partial charge in [-0.15, -0.1) is 0 Å². The largest absolute Gasteiger partial charge is 0.439 e.